The fourth-order valence-corrected chi connectivity index (χ4v) is 4.18. The van der Waals surface area contributed by atoms with Crippen LogP contribution in [0.5, 0.6) is 0 Å². The highest BCUT2D eigenvalue weighted by molar-refractivity contribution is 7.61. The van der Waals surface area contributed by atoms with Gasteiger partial charge in [0.1, 0.15) is 0 Å². The Labute approximate surface area is 91.7 Å². The molecule has 0 aliphatic rings. The Kier molecular flexibility index (Phi) is 5.99. The Morgan fingerprint density at radius 2 is 1.80 bits per heavy atom. The van der Waals surface area contributed by atoms with Gasteiger partial charge in [-0.2, -0.15) is 0 Å². The van der Waals surface area contributed by atoms with Crippen molar-refractivity contribution >= 4 is 7.37 Å². The van der Waals surface area contributed by atoms with Crippen molar-refractivity contribution in [2.24, 2.45) is 5.73 Å². The Balaban J connectivity index is 5.30. The van der Waals surface area contributed by atoms with Crippen LogP contribution in [0.25, 0.3) is 0 Å². The Morgan fingerprint density at radius 1 is 1.33 bits per heavy atom. The number of hydrogen-bond donors (Lipinski definition) is 1. The van der Waals surface area contributed by atoms with Gasteiger partial charge in [-0.3, -0.25) is 4.57 Å². The fourth-order valence-electron chi connectivity index (χ4n) is 1.64. The first-order chi connectivity index (χ1) is 6.97. The molecule has 0 fully saturated rings. The van der Waals surface area contributed by atoms with Crippen LogP contribution in [0.3, 0.4) is 0 Å². The maximum Gasteiger partial charge on any atom is 0.264 e. The molecule has 92 valence electrons. The number of ether oxygens (including phenoxy) is 2. The summed E-state index contributed by atoms with van der Waals surface area (Å²) in [5, 5.41) is 0. The average Bonchev–Trinajstić information content (AvgIpc) is 2.30. The van der Waals surface area contributed by atoms with E-state index in [1.807, 2.05) is 6.92 Å². The lowest BCUT2D eigenvalue weighted by Crippen LogP contribution is -2.38. The first-order valence-electron chi connectivity index (χ1n) is 4.93. The minimum absolute atomic E-state index is 0.263. The van der Waals surface area contributed by atoms with Gasteiger partial charge in [-0.05, 0) is 0 Å². The molecule has 0 saturated carbocycles. The fraction of sp³-hybridized carbons (Fsp3) is 1.00. The molecule has 5 nitrogen and oxygen atoms in total. The number of methoxy groups -OCH3 is 2. The van der Waals surface area contributed by atoms with Crippen molar-refractivity contribution in [1.82, 2.24) is 0 Å². The largest absolute Gasteiger partial charge is 0.345 e. The summed E-state index contributed by atoms with van der Waals surface area (Å²) < 4.78 is 28.3. The van der Waals surface area contributed by atoms with Crippen LogP contribution in [-0.2, 0) is 18.6 Å². The van der Waals surface area contributed by atoms with Gasteiger partial charge < -0.3 is 19.7 Å². The molecule has 0 bridgehead atoms. The Morgan fingerprint density at radius 3 is 2.00 bits per heavy atom. The first kappa shape index (κ1) is 15.1. The molecular weight excluding hydrogens is 217 g/mol. The molecule has 0 aromatic heterocycles. The van der Waals surface area contributed by atoms with E-state index in [9.17, 15) is 4.57 Å². The van der Waals surface area contributed by atoms with E-state index in [1.54, 1.807) is 6.92 Å². The quantitative estimate of drug-likeness (QED) is 0.540. The maximum atomic E-state index is 12.7. The van der Waals surface area contributed by atoms with E-state index in [4.69, 9.17) is 19.7 Å². The van der Waals surface area contributed by atoms with E-state index in [-0.39, 0.29) is 12.2 Å². The Bertz CT molecular complexity index is 222. The lowest BCUT2D eigenvalue weighted by molar-refractivity contribution is -0.151. The van der Waals surface area contributed by atoms with Gasteiger partial charge in [-0.25, -0.2) is 0 Å². The van der Waals surface area contributed by atoms with Crippen molar-refractivity contribution in [2.45, 2.75) is 31.5 Å². The highest BCUT2D eigenvalue weighted by Gasteiger charge is 2.51. The minimum Gasteiger partial charge on any atom is -0.345 e. The summed E-state index contributed by atoms with van der Waals surface area (Å²) in [6, 6.07) is 0. The van der Waals surface area contributed by atoms with E-state index in [0.717, 1.165) is 0 Å². The molecule has 0 spiro atoms. The molecule has 2 atom stereocenters. The second-order valence-corrected chi connectivity index (χ2v) is 6.46. The smallest absolute Gasteiger partial charge is 0.264 e. The predicted octanol–water partition coefficient (Wildman–Crippen LogP) is 1.61. The molecule has 0 rings (SSSR count). The molecule has 2 unspecified atom stereocenters. The average molecular weight is 239 g/mol. The zero-order valence-corrected chi connectivity index (χ0v) is 11.0. The molecule has 6 heteroatoms. The lowest BCUT2D eigenvalue weighted by atomic mass is 10.4. The van der Waals surface area contributed by atoms with Gasteiger partial charge in [-0.1, -0.05) is 13.8 Å². The number of hydrogen-bond acceptors (Lipinski definition) is 5. The van der Waals surface area contributed by atoms with E-state index in [2.05, 4.69) is 0 Å². The molecule has 0 aliphatic heterocycles. The zero-order chi connectivity index (χ0) is 12.1. The van der Waals surface area contributed by atoms with Crippen LogP contribution in [0.4, 0.5) is 0 Å². The molecule has 15 heavy (non-hydrogen) atoms. The normalized spacial score (nSPS) is 18.5. The van der Waals surface area contributed by atoms with Crippen LogP contribution >= 0.6 is 7.37 Å². The molecule has 0 amide bonds. The standard InChI is InChI=1S/C9H22NO4P/c1-6-9(12-3,13-4)15(11,14-5)8(2)7-10/h8H,6-7,10H2,1-5H3. The van der Waals surface area contributed by atoms with Gasteiger partial charge in [0, 0.05) is 34.3 Å². The van der Waals surface area contributed by atoms with Gasteiger partial charge >= 0.3 is 0 Å². The summed E-state index contributed by atoms with van der Waals surface area (Å²) in [5.41, 5.74) is 4.03. The third-order valence-corrected chi connectivity index (χ3v) is 6.30. The summed E-state index contributed by atoms with van der Waals surface area (Å²) in [7, 11) is 1.22. The number of rotatable bonds is 7. The summed E-state index contributed by atoms with van der Waals surface area (Å²) in [5.74, 6) is 0. The minimum atomic E-state index is -3.10. The zero-order valence-electron chi connectivity index (χ0n) is 10.1. The van der Waals surface area contributed by atoms with E-state index < -0.39 is 12.9 Å². The number of nitrogens with two attached hydrogens (primary N) is 1. The SMILES string of the molecule is CCC(OC)(OC)P(=O)(OC)C(C)CN. The van der Waals surface area contributed by atoms with Gasteiger partial charge in [0.25, 0.3) is 7.37 Å². The molecular formula is C9H22NO4P. The summed E-state index contributed by atoms with van der Waals surface area (Å²) in [4.78, 5) is 0. The van der Waals surface area contributed by atoms with Crippen molar-refractivity contribution < 1.29 is 18.6 Å². The summed E-state index contributed by atoms with van der Waals surface area (Å²) >= 11 is 0. The third kappa shape index (κ3) is 2.43. The summed E-state index contributed by atoms with van der Waals surface area (Å²) in [6.45, 7) is 3.87. The third-order valence-electron chi connectivity index (χ3n) is 2.75. The Hall–Kier alpha value is 0.0700. The van der Waals surface area contributed by atoms with E-state index in [1.165, 1.54) is 21.3 Å². The van der Waals surface area contributed by atoms with Crippen LogP contribution in [-0.4, -0.2) is 39.1 Å². The van der Waals surface area contributed by atoms with Gasteiger partial charge in [0.05, 0.1) is 5.66 Å². The molecule has 0 aliphatic carbocycles. The van der Waals surface area contributed by atoms with E-state index >= 15 is 0 Å². The monoisotopic (exact) mass is 239 g/mol. The molecule has 2 N–H and O–H groups in total. The van der Waals surface area contributed by atoms with Crippen LogP contribution in [0, 0.1) is 0 Å². The van der Waals surface area contributed by atoms with Crippen LogP contribution < -0.4 is 5.73 Å². The molecule has 0 heterocycles. The predicted molar refractivity (Wildman–Crippen MR) is 60.2 cm³/mol. The van der Waals surface area contributed by atoms with Crippen molar-refractivity contribution in [2.75, 3.05) is 27.9 Å². The molecule has 0 saturated heterocycles. The van der Waals surface area contributed by atoms with Crippen LogP contribution in [0.2, 0.25) is 0 Å². The molecule has 0 radical (unpaired) electrons. The second-order valence-electron chi connectivity index (χ2n) is 3.34. The van der Waals surface area contributed by atoms with Gasteiger partial charge in [-0.15, -0.1) is 0 Å². The van der Waals surface area contributed by atoms with Crippen molar-refractivity contribution in [3.05, 3.63) is 0 Å². The van der Waals surface area contributed by atoms with Gasteiger partial charge in [0.2, 0.25) is 5.53 Å². The highest BCUT2D eigenvalue weighted by Crippen LogP contribution is 2.63. The second kappa shape index (κ2) is 5.97. The highest BCUT2D eigenvalue weighted by atomic mass is 31.2. The molecule has 0 aromatic rings. The maximum absolute atomic E-state index is 12.7. The topological polar surface area (TPSA) is 70.8 Å². The van der Waals surface area contributed by atoms with Crippen molar-refractivity contribution in [1.29, 1.82) is 0 Å². The lowest BCUT2D eigenvalue weighted by Gasteiger charge is -2.38. The van der Waals surface area contributed by atoms with Crippen molar-refractivity contribution in [3.8, 4) is 0 Å². The molecule has 0 aromatic carbocycles. The first-order valence-corrected chi connectivity index (χ1v) is 6.63. The van der Waals surface area contributed by atoms with Crippen LogP contribution in [0.1, 0.15) is 20.3 Å². The van der Waals surface area contributed by atoms with Gasteiger partial charge in [0.15, 0.2) is 0 Å². The van der Waals surface area contributed by atoms with E-state index in [0.29, 0.717) is 6.42 Å². The van der Waals surface area contributed by atoms with Crippen molar-refractivity contribution in [3.63, 3.8) is 0 Å². The van der Waals surface area contributed by atoms with Crippen LogP contribution in [0.15, 0.2) is 0 Å². The summed E-state index contributed by atoms with van der Waals surface area (Å²) in [6.07, 6.45) is 0.440.